The molecule has 0 aromatic heterocycles. The third-order valence-corrected chi connectivity index (χ3v) is 5.55. The van der Waals surface area contributed by atoms with E-state index in [0.717, 1.165) is 0 Å². The van der Waals surface area contributed by atoms with Crippen molar-refractivity contribution in [3.8, 4) is 0 Å². The Morgan fingerprint density at radius 1 is 0.838 bits per heavy atom. The largest absolute Gasteiger partial charge is 0.481 e. The van der Waals surface area contributed by atoms with Gasteiger partial charge < -0.3 is 37.6 Å². The molecule has 3 amide bonds. The van der Waals surface area contributed by atoms with Gasteiger partial charge in [0.2, 0.25) is 17.7 Å². The fraction of sp³-hybridized carbons (Fsp3) is 0.560. The lowest BCUT2D eigenvalue weighted by atomic mass is 10.0. The van der Waals surface area contributed by atoms with Crippen LogP contribution in [-0.2, 0) is 30.4 Å². The summed E-state index contributed by atoms with van der Waals surface area (Å²) in [5.41, 5.74) is 12.1. The maximum atomic E-state index is 13.0. The first-order valence-corrected chi connectivity index (χ1v) is 12.3. The van der Waals surface area contributed by atoms with Crippen molar-refractivity contribution in [1.82, 2.24) is 16.0 Å². The summed E-state index contributed by atoms with van der Waals surface area (Å²) in [7, 11) is 0. The lowest BCUT2D eigenvalue weighted by molar-refractivity contribution is -0.143. The minimum Gasteiger partial charge on any atom is -0.481 e. The van der Waals surface area contributed by atoms with Gasteiger partial charge in [0.15, 0.2) is 0 Å². The predicted octanol–water partition coefficient (Wildman–Crippen LogP) is -0.255. The third kappa shape index (κ3) is 12.3. The number of nitrogens with two attached hydrogens (primary N) is 2. The van der Waals surface area contributed by atoms with Gasteiger partial charge in [0.05, 0.1) is 12.5 Å². The Kier molecular flexibility index (Phi) is 13.9. The van der Waals surface area contributed by atoms with Crippen LogP contribution in [-0.4, -0.2) is 70.6 Å². The summed E-state index contributed by atoms with van der Waals surface area (Å²) in [5, 5.41) is 26.1. The number of nitrogens with one attached hydrogen (secondary N) is 3. The van der Waals surface area contributed by atoms with E-state index in [-0.39, 0.29) is 18.8 Å². The molecule has 9 N–H and O–H groups in total. The third-order valence-electron chi connectivity index (χ3n) is 5.55. The van der Waals surface area contributed by atoms with Crippen molar-refractivity contribution in [2.45, 2.75) is 76.5 Å². The Morgan fingerprint density at radius 2 is 1.41 bits per heavy atom. The van der Waals surface area contributed by atoms with Crippen molar-refractivity contribution in [2.24, 2.45) is 17.4 Å². The van der Waals surface area contributed by atoms with Crippen LogP contribution >= 0.6 is 0 Å². The maximum absolute atomic E-state index is 13.0. The van der Waals surface area contributed by atoms with E-state index >= 15 is 0 Å². The number of rotatable bonds is 17. The second-order valence-corrected chi connectivity index (χ2v) is 9.33. The van der Waals surface area contributed by atoms with Crippen molar-refractivity contribution in [1.29, 1.82) is 0 Å². The zero-order valence-corrected chi connectivity index (χ0v) is 21.3. The number of hydrogen-bond acceptors (Lipinski definition) is 7. The highest BCUT2D eigenvalue weighted by atomic mass is 16.4. The van der Waals surface area contributed by atoms with Crippen LogP contribution in [0.25, 0.3) is 0 Å². The highest BCUT2D eigenvalue weighted by Gasteiger charge is 2.31. The van der Waals surface area contributed by atoms with E-state index in [9.17, 15) is 34.2 Å². The number of carboxylic acids is 2. The maximum Gasteiger partial charge on any atom is 0.326 e. The van der Waals surface area contributed by atoms with Crippen molar-refractivity contribution < 1.29 is 34.2 Å². The van der Waals surface area contributed by atoms with Gasteiger partial charge in [0, 0.05) is 6.42 Å². The van der Waals surface area contributed by atoms with E-state index < -0.39 is 60.2 Å². The van der Waals surface area contributed by atoms with E-state index in [1.165, 1.54) is 0 Å². The Hall–Kier alpha value is -3.51. The van der Waals surface area contributed by atoms with E-state index in [2.05, 4.69) is 16.0 Å². The first-order valence-electron chi connectivity index (χ1n) is 12.3. The molecule has 1 rings (SSSR count). The number of carboxylic acid groups (broad SMARTS) is 2. The molecule has 0 saturated carbocycles. The normalized spacial score (nSPS) is 14.2. The van der Waals surface area contributed by atoms with Crippen LogP contribution in [0.2, 0.25) is 0 Å². The van der Waals surface area contributed by atoms with Crippen LogP contribution in [0.1, 0.15) is 51.5 Å². The second-order valence-electron chi connectivity index (χ2n) is 9.33. The topological polar surface area (TPSA) is 214 Å². The molecule has 1 aromatic carbocycles. The van der Waals surface area contributed by atoms with Gasteiger partial charge in [-0.25, -0.2) is 4.79 Å². The molecule has 37 heavy (non-hydrogen) atoms. The van der Waals surface area contributed by atoms with Crippen LogP contribution in [0.4, 0.5) is 0 Å². The molecule has 0 bridgehead atoms. The van der Waals surface area contributed by atoms with Gasteiger partial charge in [-0.05, 0) is 43.7 Å². The van der Waals surface area contributed by atoms with E-state index in [1.54, 1.807) is 30.3 Å². The van der Waals surface area contributed by atoms with Crippen molar-refractivity contribution in [2.75, 3.05) is 6.54 Å². The molecule has 4 atom stereocenters. The van der Waals surface area contributed by atoms with Gasteiger partial charge >= 0.3 is 11.9 Å². The number of benzene rings is 1. The molecule has 12 heteroatoms. The minimum absolute atomic E-state index is 0.0246. The summed E-state index contributed by atoms with van der Waals surface area (Å²) in [5.74, 6) is -4.81. The second kappa shape index (κ2) is 16.3. The highest BCUT2D eigenvalue weighted by molar-refractivity contribution is 5.95. The zero-order valence-electron chi connectivity index (χ0n) is 21.3. The number of amides is 3. The molecule has 0 aliphatic carbocycles. The Morgan fingerprint density at radius 3 is 1.95 bits per heavy atom. The SMILES string of the molecule is CC(C)CC(N)C(=O)NC(CC(=O)O)C(=O)NC(CCCCN)C(=O)NC(Cc1ccccc1)C(=O)O. The Balaban J connectivity index is 3.01. The fourth-order valence-electron chi connectivity index (χ4n) is 3.63. The van der Waals surface area contributed by atoms with Gasteiger partial charge in [-0.3, -0.25) is 19.2 Å². The first kappa shape index (κ1) is 31.5. The Bertz CT molecular complexity index is 910. The average molecular weight is 522 g/mol. The summed E-state index contributed by atoms with van der Waals surface area (Å²) in [6.07, 6.45) is 0.750. The van der Waals surface area contributed by atoms with E-state index in [1.807, 2.05) is 13.8 Å². The molecule has 12 nitrogen and oxygen atoms in total. The molecule has 0 radical (unpaired) electrons. The monoisotopic (exact) mass is 521 g/mol. The summed E-state index contributed by atoms with van der Waals surface area (Å²) in [6, 6.07) is 3.88. The van der Waals surface area contributed by atoms with E-state index in [0.29, 0.717) is 31.4 Å². The first-order chi connectivity index (χ1) is 17.4. The summed E-state index contributed by atoms with van der Waals surface area (Å²) in [6.45, 7) is 4.07. The molecular formula is C25H39N5O7. The van der Waals surface area contributed by atoms with Gasteiger partial charge in [-0.2, -0.15) is 0 Å². The number of unbranched alkanes of at least 4 members (excludes halogenated alkanes) is 1. The molecule has 0 aliphatic rings. The molecule has 0 aliphatic heterocycles. The number of carbonyl (C=O) groups is 5. The number of aliphatic carboxylic acids is 2. The Labute approximate surface area is 216 Å². The minimum atomic E-state index is -1.48. The summed E-state index contributed by atoms with van der Waals surface area (Å²) < 4.78 is 0. The fourth-order valence-corrected chi connectivity index (χ4v) is 3.63. The summed E-state index contributed by atoms with van der Waals surface area (Å²) in [4.78, 5) is 61.6. The van der Waals surface area contributed by atoms with Crippen LogP contribution in [0.5, 0.6) is 0 Å². The molecular weight excluding hydrogens is 482 g/mol. The predicted molar refractivity (Wildman–Crippen MR) is 136 cm³/mol. The molecule has 0 heterocycles. The van der Waals surface area contributed by atoms with Crippen LogP contribution in [0.15, 0.2) is 30.3 Å². The van der Waals surface area contributed by atoms with Crippen molar-refractivity contribution in [3.63, 3.8) is 0 Å². The number of hydrogen-bond donors (Lipinski definition) is 7. The van der Waals surface area contributed by atoms with Crippen LogP contribution < -0.4 is 27.4 Å². The zero-order chi connectivity index (χ0) is 28.0. The summed E-state index contributed by atoms with van der Waals surface area (Å²) >= 11 is 0. The molecule has 206 valence electrons. The number of carbonyl (C=O) groups excluding carboxylic acids is 3. The molecule has 0 saturated heterocycles. The van der Waals surface area contributed by atoms with Gasteiger partial charge in [0.1, 0.15) is 18.1 Å². The smallest absolute Gasteiger partial charge is 0.326 e. The van der Waals surface area contributed by atoms with Crippen LogP contribution in [0, 0.1) is 5.92 Å². The highest BCUT2D eigenvalue weighted by Crippen LogP contribution is 2.08. The molecule has 1 aromatic rings. The molecule has 0 fully saturated rings. The van der Waals surface area contributed by atoms with Gasteiger partial charge in [-0.15, -0.1) is 0 Å². The molecule has 0 spiro atoms. The van der Waals surface area contributed by atoms with Crippen LogP contribution in [0.3, 0.4) is 0 Å². The quantitative estimate of drug-likeness (QED) is 0.134. The molecule has 4 unspecified atom stereocenters. The van der Waals surface area contributed by atoms with E-state index in [4.69, 9.17) is 11.5 Å². The van der Waals surface area contributed by atoms with Crippen molar-refractivity contribution in [3.05, 3.63) is 35.9 Å². The average Bonchev–Trinajstić information content (AvgIpc) is 2.82. The van der Waals surface area contributed by atoms with Crippen molar-refractivity contribution >= 4 is 29.7 Å². The van der Waals surface area contributed by atoms with Gasteiger partial charge in [-0.1, -0.05) is 44.2 Å². The standard InChI is InChI=1S/C25H39N5O7/c1-15(2)12-17(27)22(33)29-19(14-21(31)32)24(35)28-18(10-6-7-11-26)23(34)30-20(25(36)37)13-16-8-4-3-5-9-16/h3-5,8-9,15,17-20H,6-7,10-14,26-27H2,1-2H3,(H,28,35)(H,29,33)(H,30,34)(H,31,32)(H,36,37). The lowest BCUT2D eigenvalue weighted by Gasteiger charge is -2.25. The lowest BCUT2D eigenvalue weighted by Crippen LogP contribution is -2.57. The van der Waals surface area contributed by atoms with Gasteiger partial charge in [0.25, 0.3) is 0 Å².